The molecule has 0 aliphatic carbocycles. The van der Waals surface area contributed by atoms with E-state index in [2.05, 4.69) is 29.3 Å². The zero-order valence-corrected chi connectivity index (χ0v) is 19.8. The van der Waals surface area contributed by atoms with Gasteiger partial charge in [-0.15, -0.1) is 0 Å². The molecular weight excluding hydrogens is 479 g/mol. The summed E-state index contributed by atoms with van der Waals surface area (Å²) in [6.07, 6.45) is -3.54. The maximum Gasteiger partial charge on any atom is 0.490 e. The van der Waals surface area contributed by atoms with Crippen molar-refractivity contribution in [1.29, 1.82) is 0 Å². The summed E-state index contributed by atoms with van der Waals surface area (Å²) in [5.41, 5.74) is 5.68. The van der Waals surface area contributed by atoms with E-state index in [1.54, 1.807) is 19.2 Å². The Kier molecular flexibility index (Phi) is 8.57. The van der Waals surface area contributed by atoms with Crippen LogP contribution in [0.25, 0.3) is 11.3 Å². The van der Waals surface area contributed by atoms with Gasteiger partial charge in [0.1, 0.15) is 11.5 Å². The molecule has 11 heteroatoms. The number of aromatic nitrogens is 2. The smallest absolute Gasteiger partial charge is 0.490 e. The van der Waals surface area contributed by atoms with Crippen molar-refractivity contribution in [2.45, 2.75) is 25.9 Å². The topological polar surface area (TPSA) is 105 Å². The normalized spacial score (nSPS) is 13.1. The van der Waals surface area contributed by atoms with Gasteiger partial charge in [0.05, 0.1) is 12.8 Å². The number of halogens is 3. The number of benzene rings is 2. The molecule has 0 fully saturated rings. The van der Waals surface area contributed by atoms with Gasteiger partial charge < -0.3 is 19.5 Å². The number of hydrogen-bond donors (Lipinski definition) is 2. The lowest BCUT2D eigenvalue weighted by Gasteiger charge is -2.20. The largest absolute Gasteiger partial charge is 0.497 e. The predicted octanol–water partition coefficient (Wildman–Crippen LogP) is 4.03. The second-order valence-electron chi connectivity index (χ2n) is 7.99. The van der Waals surface area contributed by atoms with Gasteiger partial charge in [0.15, 0.2) is 6.61 Å². The number of nitrogens with one attached hydrogen (secondary N) is 1. The second-order valence-corrected chi connectivity index (χ2v) is 7.99. The number of fused-ring (bicyclic) bond motifs is 1. The van der Waals surface area contributed by atoms with Crippen LogP contribution in [0.2, 0.25) is 0 Å². The SMILES string of the molecule is COc1ccc(OCC(=O)N2CCc3[nH]nc(-c4ccccc4C)c3CC2)cc1.O=C(O)C(F)(F)F. The van der Waals surface area contributed by atoms with Crippen LogP contribution in [0, 0.1) is 6.92 Å². The lowest BCUT2D eigenvalue weighted by molar-refractivity contribution is -0.192. The summed E-state index contributed by atoms with van der Waals surface area (Å²) < 4.78 is 42.5. The average molecular weight is 505 g/mol. The van der Waals surface area contributed by atoms with E-state index >= 15 is 0 Å². The second kappa shape index (κ2) is 11.6. The van der Waals surface area contributed by atoms with E-state index in [4.69, 9.17) is 19.4 Å². The van der Waals surface area contributed by atoms with Crippen LogP contribution in [0.1, 0.15) is 16.8 Å². The number of carboxylic acid groups (broad SMARTS) is 1. The number of ether oxygens (including phenoxy) is 2. The number of nitrogens with zero attached hydrogens (tertiary/aromatic N) is 2. The molecule has 0 unspecified atom stereocenters. The van der Waals surface area contributed by atoms with Crippen molar-refractivity contribution in [1.82, 2.24) is 15.1 Å². The molecule has 1 aromatic heterocycles. The molecule has 4 rings (SSSR count). The third-order valence-corrected chi connectivity index (χ3v) is 5.63. The van der Waals surface area contributed by atoms with Crippen LogP contribution < -0.4 is 9.47 Å². The molecule has 0 atom stereocenters. The van der Waals surface area contributed by atoms with E-state index in [-0.39, 0.29) is 12.5 Å². The van der Waals surface area contributed by atoms with Crippen molar-refractivity contribution in [3.05, 3.63) is 65.4 Å². The standard InChI is InChI=1S/C23H25N3O3.C2HF3O2/c1-16-5-3-4-6-19(16)23-20-11-13-26(14-12-21(20)24-25-23)22(27)15-29-18-9-7-17(28-2)8-10-18;3-2(4,5)1(6)7/h3-10H,11-15H2,1-2H3,(H,24,25);(H,6,7). The van der Waals surface area contributed by atoms with Crippen LogP contribution in [-0.4, -0.2) is 65.1 Å². The first-order valence-electron chi connectivity index (χ1n) is 11.1. The summed E-state index contributed by atoms with van der Waals surface area (Å²) in [6, 6.07) is 15.5. The van der Waals surface area contributed by atoms with E-state index < -0.39 is 12.1 Å². The minimum Gasteiger partial charge on any atom is -0.497 e. The molecule has 2 N–H and O–H groups in total. The quantitative estimate of drug-likeness (QED) is 0.543. The first kappa shape index (κ1) is 26.6. The van der Waals surface area contributed by atoms with E-state index in [1.165, 1.54) is 11.1 Å². The Morgan fingerprint density at radius 3 is 2.28 bits per heavy atom. The number of carbonyl (C=O) groups excluding carboxylic acids is 1. The van der Waals surface area contributed by atoms with Crippen molar-refractivity contribution in [3.8, 4) is 22.8 Å². The molecular formula is C25H26F3N3O5. The molecule has 192 valence electrons. The highest BCUT2D eigenvalue weighted by molar-refractivity contribution is 5.78. The number of alkyl halides is 3. The van der Waals surface area contributed by atoms with Crippen molar-refractivity contribution < 1.29 is 37.3 Å². The van der Waals surface area contributed by atoms with Gasteiger partial charge in [0.25, 0.3) is 5.91 Å². The molecule has 8 nitrogen and oxygen atoms in total. The number of H-pyrrole nitrogens is 1. The summed E-state index contributed by atoms with van der Waals surface area (Å²) in [6.45, 7) is 3.45. The van der Waals surface area contributed by atoms with Gasteiger partial charge in [-0.1, -0.05) is 24.3 Å². The first-order chi connectivity index (χ1) is 17.1. The van der Waals surface area contributed by atoms with E-state index in [9.17, 15) is 18.0 Å². The van der Waals surface area contributed by atoms with E-state index in [0.29, 0.717) is 18.8 Å². The number of hydrogen-bond acceptors (Lipinski definition) is 5. The molecule has 0 saturated carbocycles. The average Bonchev–Trinajstić information content (AvgIpc) is 3.13. The van der Waals surface area contributed by atoms with Gasteiger partial charge in [0.2, 0.25) is 0 Å². The summed E-state index contributed by atoms with van der Waals surface area (Å²) in [4.78, 5) is 23.4. The molecule has 2 aromatic carbocycles. The Morgan fingerprint density at radius 2 is 1.67 bits per heavy atom. The van der Waals surface area contributed by atoms with E-state index in [1.807, 2.05) is 29.2 Å². The number of amides is 1. The number of aryl methyl sites for hydroxylation is 1. The van der Waals surface area contributed by atoms with Crippen LogP contribution in [0.15, 0.2) is 48.5 Å². The van der Waals surface area contributed by atoms with Crippen molar-refractivity contribution in [3.63, 3.8) is 0 Å². The van der Waals surface area contributed by atoms with Gasteiger partial charge in [-0.05, 0) is 43.2 Å². The Labute approximate surface area is 205 Å². The predicted molar refractivity (Wildman–Crippen MR) is 125 cm³/mol. The maximum atomic E-state index is 12.7. The molecule has 1 amide bonds. The monoisotopic (exact) mass is 505 g/mol. The Bertz CT molecular complexity index is 1190. The Morgan fingerprint density at radius 1 is 1.06 bits per heavy atom. The van der Waals surface area contributed by atoms with Crippen molar-refractivity contribution in [2.24, 2.45) is 0 Å². The molecule has 0 spiro atoms. The summed E-state index contributed by atoms with van der Waals surface area (Å²) in [5, 5.41) is 14.9. The van der Waals surface area contributed by atoms with Crippen LogP contribution in [0.4, 0.5) is 13.2 Å². The number of methoxy groups -OCH3 is 1. The highest BCUT2D eigenvalue weighted by Gasteiger charge is 2.38. The van der Waals surface area contributed by atoms with Crippen molar-refractivity contribution >= 4 is 11.9 Å². The highest BCUT2D eigenvalue weighted by atomic mass is 19.4. The summed E-state index contributed by atoms with van der Waals surface area (Å²) in [7, 11) is 1.62. The zero-order chi connectivity index (χ0) is 26.3. The third kappa shape index (κ3) is 6.77. The Hall–Kier alpha value is -4.02. The van der Waals surface area contributed by atoms with Gasteiger partial charge in [0, 0.05) is 36.3 Å². The number of carbonyl (C=O) groups is 2. The number of rotatable bonds is 5. The Balaban J connectivity index is 0.000000454. The fourth-order valence-electron chi connectivity index (χ4n) is 3.70. The molecule has 0 saturated heterocycles. The molecule has 3 aromatic rings. The fourth-order valence-corrected chi connectivity index (χ4v) is 3.70. The summed E-state index contributed by atoms with van der Waals surface area (Å²) in [5.74, 6) is -1.34. The molecule has 0 bridgehead atoms. The lowest BCUT2D eigenvalue weighted by Crippen LogP contribution is -2.36. The molecule has 0 radical (unpaired) electrons. The number of carboxylic acids is 1. The molecule has 1 aliphatic heterocycles. The lowest BCUT2D eigenvalue weighted by atomic mass is 9.99. The van der Waals surface area contributed by atoms with Crippen LogP contribution in [-0.2, 0) is 22.4 Å². The number of aliphatic carboxylic acids is 1. The van der Waals surface area contributed by atoms with E-state index in [0.717, 1.165) is 35.5 Å². The van der Waals surface area contributed by atoms with Gasteiger partial charge in [-0.2, -0.15) is 18.3 Å². The van der Waals surface area contributed by atoms with Crippen molar-refractivity contribution in [2.75, 3.05) is 26.8 Å². The zero-order valence-electron chi connectivity index (χ0n) is 19.8. The molecule has 1 aliphatic rings. The molecule has 2 heterocycles. The minimum atomic E-state index is -5.08. The highest BCUT2D eigenvalue weighted by Crippen LogP contribution is 2.29. The fraction of sp³-hybridized carbons (Fsp3) is 0.320. The molecule has 36 heavy (non-hydrogen) atoms. The summed E-state index contributed by atoms with van der Waals surface area (Å²) >= 11 is 0. The van der Waals surface area contributed by atoms with Crippen LogP contribution in [0.3, 0.4) is 0 Å². The van der Waals surface area contributed by atoms with Gasteiger partial charge in [-0.3, -0.25) is 9.89 Å². The minimum absolute atomic E-state index is 0.00336. The van der Waals surface area contributed by atoms with Crippen LogP contribution in [0.5, 0.6) is 11.5 Å². The van der Waals surface area contributed by atoms with Crippen LogP contribution >= 0.6 is 0 Å². The third-order valence-electron chi connectivity index (χ3n) is 5.63. The van der Waals surface area contributed by atoms with Gasteiger partial charge in [-0.25, -0.2) is 4.79 Å². The number of aromatic amines is 1. The first-order valence-corrected chi connectivity index (χ1v) is 11.1. The van der Waals surface area contributed by atoms with Gasteiger partial charge >= 0.3 is 12.1 Å². The maximum absolute atomic E-state index is 12.7.